The molecule has 1 amide bonds. The number of nitrogens with one attached hydrogen (secondary N) is 1. The van der Waals surface area contributed by atoms with Crippen molar-refractivity contribution in [3.05, 3.63) is 24.0 Å². The number of hydrogen-bond acceptors (Lipinski definition) is 3. The summed E-state index contributed by atoms with van der Waals surface area (Å²) in [4.78, 5) is 11.5. The molecule has 5 heteroatoms. The maximum absolute atomic E-state index is 12.8. The number of rotatable bonds is 5. The van der Waals surface area contributed by atoms with Gasteiger partial charge in [0.15, 0.2) is 0 Å². The quantitative estimate of drug-likeness (QED) is 0.796. The molecule has 1 aromatic carbocycles. The fraction of sp³-hybridized carbons (Fsp3) is 0.417. The van der Waals surface area contributed by atoms with Crippen molar-refractivity contribution in [3.8, 4) is 0 Å². The number of carbonyl (C=O) groups is 1. The normalized spacial score (nSPS) is 10.6. The van der Waals surface area contributed by atoms with Crippen molar-refractivity contribution in [2.45, 2.75) is 13.8 Å². The third-order valence-corrected chi connectivity index (χ3v) is 3.34. The largest absolute Gasteiger partial charge is 0.397 e. The lowest BCUT2D eigenvalue weighted by Gasteiger charge is -2.08. The minimum Gasteiger partial charge on any atom is -0.397 e. The molecule has 0 atom stereocenters. The van der Waals surface area contributed by atoms with Crippen molar-refractivity contribution in [1.82, 2.24) is 0 Å². The van der Waals surface area contributed by atoms with Crippen LogP contribution in [0.25, 0.3) is 0 Å². The molecule has 0 saturated heterocycles. The van der Waals surface area contributed by atoms with E-state index >= 15 is 0 Å². The molecule has 0 aromatic heterocycles. The zero-order valence-electron chi connectivity index (χ0n) is 10.00. The van der Waals surface area contributed by atoms with Crippen molar-refractivity contribution in [1.29, 1.82) is 0 Å². The first-order chi connectivity index (χ1) is 7.99. The average Bonchev–Trinajstić information content (AvgIpc) is 2.21. The van der Waals surface area contributed by atoms with Crippen LogP contribution in [0.4, 0.5) is 15.8 Å². The van der Waals surface area contributed by atoms with E-state index in [1.807, 2.05) is 0 Å². The number of nitrogens with two attached hydrogens (primary N) is 1. The molecule has 0 saturated carbocycles. The standard InChI is InChI=1S/C12H17FN2OS/c1-8(2)6-17-7-12(16)15-11-4-3-9(13)5-10(11)14/h3-5,8H,6-7,14H2,1-2H3,(H,15,16). The highest BCUT2D eigenvalue weighted by atomic mass is 32.2. The van der Waals surface area contributed by atoms with Crippen LogP contribution in [0.3, 0.4) is 0 Å². The van der Waals surface area contributed by atoms with Gasteiger partial charge < -0.3 is 11.1 Å². The number of halogens is 1. The van der Waals surface area contributed by atoms with Crippen molar-refractivity contribution in [2.24, 2.45) is 5.92 Å². The molecule has 0 radical (unpaired) electrons. The summed E-state index contributed by atoms with van der Waals surface area (Å²) >= 11 is 1.57. The summed E-state index contributed by atoms with van der Waals surface area (Å²) in [7, 11) is 0. The summed E-state index contributed by atoms with van der Waals surface area (Å²) in [6.07, 6.45) is 0. The third-order valence-electron chi connectivity index (χ3n) is 1.97. The average molecular weight is 256 g/mol. The van der Waals surface area contributed by atoms with Gasteiger partial charge in [0.1, 0.15) is 5.82 Å². The molecule has 0 aliphatic heterocycles. The van der Waals surface area contributed by atoms with Gasteiger partial charge in [-0.2, -0.15) is 11.8 Å². The number of nitrogen functional groups attached to an aromatic ring is 1. The maximum Gasteiger partial charge on any atom is 0.234 e. The van der Waals surface area contributed by atoms with Crippen LogP contribution >= 0.6 is 11.8 Å². The predicted octanol–water partition coefficient (Wildman–Crippen LogP) is 2.74. The molecule has 3 N–H and O–H groups in total. The third kappa shape index (κ3) is 5.08. The van der Waals surface area contributed by atoms with Gasteiger partial charge in [-0.05, 0) is 29.9 Å². The lowest BCUT2D eigenvalue weighted by atomic mass is 10.2. The van der Waals surface area contributed by atoms with Gasteiger partial charge in [0.2, 0.25) is 5.91 Å². The molecular weight excluding hydrogens is 239 g/mol. The Morgan fingerprint density at radius 1 is 1.53 bits per heavy atom. The maximum atomic E-state index is 12.8. The molecule has 0 aliphatic rings. The highest BCUT2D eigenvalue weighted by Gasteiger charge is 2.06. The Bertz CT molecular complexity index is 396. The summed E-state index contributed by atoms with van der Waals surface area (Å²) < 4.78 is 12.8. The van der Waals surface area contributed by atoms with E-state index in [0.717, 1.165) is 5.75 Å². The molecule has 3 nitrogen and oxygen atoms in total. The fourth-order valence-corrected chi connectivity index (χ4v) is 2.07. The van der Waals surface area contributed by atoms with E-state index in [9.17, 15) is 9.18 Å². The Labute approximate surface area is 105 Å². The monoisotopic (exact) mass is 256 g/mol. The van der Waals surface area contributed by atoms with Crippen LogP contribution in [0, 0.1) is 11.7 Å². The molecule has 0 fully saturated rings. The summed E-state index contributed by atoms with van der Waals surface area (Å²) in [6.45, 7) is 4.20. The first-order valence-electron chi connectivity index (χ1n) is 5.41. The van der Waals surface area contributed by atoms with E-state index in [0.29, 0.717) is 17.4 Å². The van der Waals surface area contributed by atoms with Crippen LogP contribution in [-0.2, 0) is 4.79 Å². The van der Waals surface area contributed by atoms with Gasteiger partial charge in [-0.25, -0.2) is 4.39 Å². The van der Waals surface area contributed by atoms with E-state index in [2.05, 4.69) is 19.2 Å². The molecule has 1 aromatic rings. The van der Waals surface area contributed by atoms with Crippen molar-refractivity contribution >= 4 is 29.0 Å². The first kappa shape index (κ1) is 13.8. The zero-order valence-corrected chi connectivity index (χ0v) is 10.8. The minimum atomic E-state index is -0.408. The second kappa shape index (κ2) is 6.49. The van der Waals surface area contributed by atoms with Crippen LogP contribution < -0.4 is 11.1 Å². The smallest absolute Gasteiger partial charge is 0.234 e. The molecule has 17 heavy (non-hydrogen) atoms. The Kier molecular flexibility index (Phi) is 5.28. The van der Waals surface area contributed by atoms with Crippen LogP contribution in [0.2, 0.25) is 0 Å². The van der Waals surface area contributed by atoms with Gasteiger partial charge in [-0.1, -0.05) is 13.8 Å². The van der Waals surface area contributed by atoms with E-state index in [4.69, 9.17) is 5.73 Å². The zero-order chi connectivity index (χ0) is 12.8. The van der Waals surface area contributed by atoms with Gasteiger partial charge in [0, 0.05) is 0 Å². The molecule has 94 valence electrons. The lowest BCUT2D eigenvalue weighted by molar-refractivity contribution is -0.113. The highest BCUT2D eigenvalue weighted by molar-refractivity contribution is 7.99. The highest BCUT2D eigenvalue weighted by Crippen LogP contribution is 2.19. The Hall–Kier alpha value is -1.23. The summed E-state index contributed by atoms with van der Waals surface area (Å²) in [5.41, 5.74) is 6.29. The number of thioether (sulfide) groups is 1. The van der Waals surface area contributed by atoms with Gasteiger partial charge in [0.05, 0.1) is 17.1 Å². The lowest BCUT2D eigenvalue weighted by Crippen LogP contribution is -2.16. The van der Waals surface area contributed by atoms with Crippen molar-refractivity contribution < 1.29 is 9.18 Å². The Morgan fingerprint density at radius 2 is 2.24 bits per heavy atom. The first-order valence-corrected chi connectivity index (χ1v) is 6.57. The topological polar surface area (TPSA) is 55.1 Å². The van der Waals surface area contributed by atoms with Crippen molar-refractivity contribution in [3.63, 3.8) is 0 Å². The minimum absolute atomic E-state index is 0.117. The van der Waals surface area contributed by atoms with Crippen molar-refractivity contribution in [2.75, 3.05) is 22.6 Å². The van der Waals surface area contributed by atoms with E-state index in [-0.39, 0.29) is 11.6 Å². The Balaban J connectivity index is 2.45. The number of anilines is 2. The van der Waals surface area contributed by atoms with E-state index < -0.39 is 5.82 Å². The summed E-state index contributed by atoms with van der Waals surface area (Å²) in [5.74, 6) is 1.36. The van der Waals surface area contributed by atoms with Crippen LogP contribution in [-0.4, -0.2) is 17.4 Å². The number of amides is 1. The van der Waals surface area contributed by atoms with Crippen LogP contribution in [0.5, 0.6) is 0 Å². The summed E-state index contributed by atoms with van der Waals surface area (Å²) in [6, 6.07) is 3.93. The van der Waals surface area contributed by atoms with Gasteiger partial charge in [0.25, 0.3) is 0 Å². The molecule has 0 bridgehead atoms. The SMILES string of the molecule is CC(C)CSCC(=O)Nc1ccc(F)cc1N. The van der Waals surface area contributed by atoms with Crippen LogP contribution in [0.1, 0.15) is 13.8 Å². The number of benzene rings is 1. The Morgan fingerprint density at radius 3 is 2.82 bits per heavy atom. The number of carbonyl (C=O) groups excluding carboxylic acids is 1. The van der Waals surface area contributed by atoms with Gasteiger partial charge >= 0.3 is 0 Å². The fourth-order valence-electron chi connectivity index (χ4n) is 1.22. The number of hydrogen-bond donors (Lipinski definition) is 2. The molecule has 0 unspecified atom stereocenters. The summed E-state index contributed by atoms with van der Waals surface area (Å²) in [5, 5.41) is 2.66. The van der Waals surface area contributed by atoms with Gasteiger partial charge in [-0.15, -0.1) is 0 Å². The molecular formula is C12H17FN2OS. The van der Waals surface area contributed by atoms with Gasteiger partial charge in [-0.3, -0.25) is 4.79 Å². The second-order valence-corrected chi connectivity index (χ2v) is 5.22. The van der Waals surface area contributed by atoms with E-state index in [1.165, 1.54) is 18.2 Å². The second-order valence-electron chi connectivity index (χ2n) is 4.19. The molecule has 0 aliphatic carbocycles. The predicted molar refractivity (Wildman–Crippen MR) is 71.6 cm³/mol. The molecule has 0 spiro atoms. The van der Waals surface area contributed by atoms with E-state index in [1.54, 1.807) is 11.8 Å². The molecule has 1 rings (SSSR count). The van der Waals surface area contributed by atoms with Crippen LogP contribution in [0.15, 0.2) is 18.2 Å². The molecule has 0 heterocycles.